The minimum Gasteiger partial charge on any atom is -0.305 e. The molecule has 1 atom stereocenters. The minimum absolute atomic E-state index is 0.384. The van der Waals surface area contributed by atoms with Crippen LogP contribution in [0.5, 0.6) is 0 Å². The maximum Gasteiger partial charge on any atom is 0.363 e. The lowest BCUT2D eigenvalue weighted by Crippen LogP contribution is -2.18. The van der Waals surface area contributed by atoms with Crippen LogP contribution in [0.4, 0.5) is 0 Å². The molecule has 1 aliphatic rings. The van der Waals surface area contributed by atoms with Gasteiger partial charge in [0.1, 0.15) is 5.60 Å². The quantitative estimate of drug-likeness (QED) is 0.706. The van der Waals surface area contributed by atoms with Gasteiger partial charge in [0.05, 0.1) is 17.0 Å². The molecule has 0 bridgehead atoms. The second kappa shape index (κ2) is 4.42. The lowest BCUT2D eigenvalue weighted by molar-refractivity contribution is 0.130. The van der Waals surface area contributed by atoms with Crippen molar-refractivity contribution in [2.75, 3.05) is 6.61 Å². The van der Waals surface area contributed by atoms with Crippen LogP contribution in [0.1, 0.15) is 27.2 Å². The van der Waals surface area contributed by atoms with Crippen molar-refractivity contribution in [1.82, 2.24) is 0 Å². The molecule has 0 amide bonds. The van der Waals surface area contributed by atoms with Gasteiger partial charge < -0.3 is 4.52 Å². The van der Waals surface area contributed by atoms with Crippen molar-refractivity contribution in [2.45, 2.75) is 32.8 Å². The molecule has 0 aliphatic carbocycles. The van der Waals surface area contributed by atoms with Gasteiger partial charge >= 0.3 is 7.60 Å². The van der Waals surface area contributed by atoms with E-state index in [1.54, 1.807) is 13.8 Å². The van der Waals surface area contributed by atoms with Crippen molar-refractivity contribution >= 4 is 19.2 Å². The number of halogens is 1. The van der Waals surface area contributed by atoms with E-state index in [1.165, 1.54) is 6.08 Å². The van der Waals surface area contributed by atoms with Crippen LogP contribution in [0.25, 0.3) is 0 Å². The van der Waals surface area contributed by atoms with Gasteiger partial charge in [-0.2, -0.15) is 0 Å². The van der Waals surface area contributed by atoms with Crippen LogP contribution < -0.4 is 0 Å². The van der Waals surface area contributed by atoms with Gasteiger partial charge in [-0.05, 0) is 20.3 Å². The Labute approximate surface area is 95.6 Å². The van der Waals surface area contributed by atoms with E-state index < -0.39 is 13.2 Å². The standard InChI is InChI=1S/C10H16ClO3P/c1-5-7-13-15(12)8(6-2)9(11)10(3,4)14-15/h6H,2,5,7H2,1,3-4H3. The van der Waals surface area contributed by atoms with Gasteiger partial charge in [-0.3, -0.25) is 9.09 Å². The van der Waals surface area contributed by atoms with Crippen molar-refractivity contribution in [3.05, 3.63) is 23.0 Å². The Morgan fingerprint density at radius 1 is 1.67 bits per heavy atom. The molecule has 0 fully saturated rings. The zero-order valence-electron chi connectivity index (χ0n) is 9.25. The van der Waals surface area contributed by atoms with E-state index in [0.717, 1.165) is 6.42 Å². The molecule has 0 N–H and O–H groups in total. The van der Waals surface area contributed by atoms with Crippen LogP contribution in [0.3, 0.4) is 0 Å². The molecule has 15 heavy (non-hydrogen) atoms. The van der Waals surface area contributed by atoms with Gasteiger partial charge in [0, 0.05) is 0 Å². The van der Waals surface area contributed by atoms with Gasteiger partial charge in [0.25, 0.3) is 0 Å². The topological polar surface area (TPSA) is 35.5 Å². The average Bonchev–Trinajstić information content (AvgIpc) is 2.31. The molecule has 0 spiro atoms. The summed E-state index contributed by atoms with van der Waals surface area (Å²) in [5, 5.41) is 0.805. The van der Waals surface area contributed by atoms with Crippen molar-refractivity contribution in [1.29, 1.82) is 0 Å². The molecule has 1 rings (SSSR count). The Kier molecular flexibility index (Phi) is 3.83. The lowest BCUT2D eigenvalue weighted by atomic mass is 10.1. The molecule has 0 aromatic carbocycles. The van der Waals surface area contributed by atoms with Crippen LogP contribution in [0.2, 0.25) is 0 Å². The highest BCUT2D eigenvalue weighted by Crippen LogP contribution is 2.67. The zero-order valence-corrected chi connectivity index (χ0v) is 10.9. The van der Waals surface area contributed by atoms with Crippen LogP contribution in [-0.2, 0) is 13.6 Å². The molecular weight excluding hydrogens is 235 g/mol. The molecule has 0 radical (unpaired) electrons. The molecule has 1 aliphatic heterocycles. The first kappa shape index (κ1) is 13.0. The van der Waals surface area contributed by atoms with Gasteiger partial charge in [-0.25, -0.2) is 0 Å². The highest BCUT2D eigenvalue weighted by molar-refractivity contribution is 7.59. The van der Waals surface area contributed by atoms with Crippen molar-refractivity contribution in [3.8, 4) is 0 Å². The monoisotopic (exact) mass is 250 g/mol. The average molecular weight is 251 g/mol. The van der Waals surface area contributed by atoms with Crippen molar-refractivity contribution < 1.29 is 13.6 Å². The molecule has 0 aromatic heterocycles. The smallest absolute Gasteiger partial charge is 0.305 e. The van der Waals surface area contributed by atoms with E-state index in [4.69, 9.17) is 20.6 Å². The fourth-order valence-electron chi connectivity index (χ4n) is 1.33. The minimum atomic E-state index is -3.24. The summed E-state index contributed by atoms with van der Waals surface area (Å²) >= 11 is 6.06. The summed E-state index contributed by atoms with van der Waals surface area (Å²) in [5.74, 6) is 0. The van der Waals surface area contributed by atoms with Crippen LogP contribution >= 0.6 is 19.2 Å². The summed E-state index contributed by atoms with van der Waals surface area (Å²) in [5.41, 5.74) is -0.756. The second-order valence-corrected chi connectivity index (χ2v) is 6.13. The van der Waals surface area contributed by atoms with E-state index in [-0.39, 0.29) is 0 Å². The van der Waals surface area contributed by atoms with Gasteiger partial charge in [0.15, 0.2) is 0 Å². The molecule has 1 heterocycles. The fourth-order valence-corrected chi connectivity index (χ4v) is 3.95. The summed E-state index contributed by atoms with van der Waals surface area (Å²) in [6, 6.07) is 0. The van der Waals surface area contributed by atoms with Crippen LogP contribution in [0.15, 0.2) is 23.0 Å². The SMILES string of the molecule is C=CC1=C(Cl)C(C)(C)OP1(=O)OCCC. The first-order chi connectivity index (χ1) is 6.87. The maximum absolute atomic E-state index is 12.3. The molecule has 0 aromatic rings. The Morgan fingerprint density at radius 2 is 2.27 bits per heavy atom. The number of allylic oxidation sites excluding steroid dienone is 2. The van der Waals surface area contributed by atoms with E-state index in [9.17, 15) is 4.57 Å². The van der Waals surface area contributed by atoms with E-state index >= 15 is 0 Å². The Hall–Kier alpha value is -0.0800. The third kappa shape index (κ3) is 2.36. The molecule has 3 nitrogen and oxygen atoms in total. The Balaban J connectivity index is 3.05. The molecule has 0 saturated carbocycles. The van der Waals surface area contributed by atoms with Gasteiger partial charge in [-0.1, -0.05) is 31.2 Å². The van der Waals surface area contributed by atoms with Crippen LogP contribution in [-0.4, -0.2) is 12.2 Å². The summed E-state index contributed by atoms with van der Waals surface area (Å²) in [6.07, 6.45) is 2.23. The predicted molar refractivity (Wildman–Crippen MR) is 62.1 cm³/mol. The summed E-state index contributed by atoms with van der Waals surface area (Å²) in [4.78, 5) is 0. The fraction of sp³-hybridized carbons (Fsp3) is 0.600. The van der Waals surface area contributed by atoms with Crippen LogP contribution in [0, 0.1) is 0 Å². The molecule has 0 saturated heterocycles. The van der Waals surface area contributed by atoms with Crippen molar-refractivity contribution in [3.63, 3.8) is 0 Å². The lowest BCUT2D eigenvalue weighted by Gasteiger charge is -2.20. The molecule has 86 valence electrons. The molecule has 5 heteroatoms. The zero-order chi connectivity index (χ0) is 11.7. The Morgan fingerprint density at radius 3 is 2.73 bits per heavy atom. The van der Waals surface area contributed by atoms with Crippen molar-refractivity contribution in [2.24, 2.45) is 0 Å². The summed E-state index contributed by atoms with van der Waals surface area (Å²) in [7, 11) is -3.24. The first-order valence-corrected chi connectivity index (χ1v) is 6.78. The van der Waals surface area contributed by atoms with Gasteiger partial charge in [-0.15, -0.1) is 0 Å². The highest BCUT2D eigenvalue weighted by atomic mass is 35.5. The maximum atomic E-state index is 12.3. The molecule has 1 unspecified atom stereocenters. The number of hydrogen-bond donors (Lipinski definition) is 0. The van der Waals surface area contributed by atoms with E-state index in [2.05, 4.69) is 6.58 Å². The summed E-state index contributed by atoms with van der Waals surface area (Å²) in [6.45, 7) is 9.42. The highest BCUT2D eigenvalue weighted by Gasteiger charge is 2.47. The molecular formula is C10H16ClO3P. The second-order valence-electron chi connectivity index (χ2n) is 3.84. The third-order valence-electron chi connectivity index (χ3n) is 2.06. The largest absolute Gasteiger partial charge is 0.363 e. The summed E-state index contributed by atoms with van der Waals surface area (Å²) < 4.78 is 23.0. The predicted octanol–water partition coefficient (Wildman–Crippen LogP) is 4.05. The first-order valence-electron chi connectivity index (χ1n) is 4.86. The number of rotatable bonds is 4. The normalized spacial score (nSPS) is 29.6. The van der Waals surface area contributed by atoms with E-state index in [1.807, 2.05) is 6.92 Å². The van der Waals surface area contributed by atoms with E-state index in [0.29, 0.717) is 17.0 Å². The third-order valence-corrected chi connectivity index (χ3v) is 5.06. The van der Waals surface area contributed by atoms with Gasteiger partial charge in [0.2, 0.25) is 0 Å². The Bertz CT molecular complexity index is 347. The number of hydrogen-bond acceptors (Lipinski definition) is 3.